The number of aromatic amines is 1. The van der Waals surface area contributed by atoms with Crippen LogP contribution in [0.5, 0.6) is 0 Å². The van der Waals surface area contributed by atoms with Gasteiger partial charge in [0.2, 0.25) is 17.7 Å². The first-order valence-corrected chi connectivity index (χ1v) is 10.5. The van der Waals surface area contributed by atoms with E-state index in [-0.39, 0.29) is 12.2 Å². The monoisotopic (exact) mass is 465 g/mol. The first kappa shape index (κ1) is 25.2. The van der Waals surface area contributed by atoms with E-state index >= 15 is 0 Å². The van der Waals surface area contributed by atoms with Crippen molar-refractivity contribution in [1.82, 2.24) is 20.9 Å². The number of H-pyrrole nitrogens is 1. The molecule has 2 aromatic rings. The summed E-state index contributed by atoms with van der Waals surface area (Å²) in [6.07, 6.45) is 1.77. The lowest BCUT2D eigenvalue weighted by molar-refractivity contribution is -0.141. The van der Waals surface area contributed by atoms with Gasteiger partial charge in [-0.3, -0.25) is 19.2 Å². The number of carboxylic acids is 1. The number of hydrogen-bond acceptors (Lipinski definition) is 7. The van der Waals surface area contributed by atoms with Gasteiger partial charge in [-0.25, -0.2) is 0 Å². The molecule has 0 saturated carbocycles. The molecule has 2 rings (SSSR count). The van der Waals surface area contributed by atoms with Crippen molar-refractivity contribution in [3.63, 3.8) is 0 Å². The minimum absolute atomic E-state index is 0.0668. The predicted octanol–water partition coefficient (Wildman–Crippen LogP) is -1.48. The second kappa shape index (κ2) is 11.5. The third-order valence-electron chi connectivity index (χ3n) is 4.81. The second-order valence-corrected chi connectivity index (χ2v) is 7.59. The molecule has 0 bridgehead atoms. The molecule has 32 heavy (non-hydrogen) atoms. The van der Waals surface area contributed by atoms with Crippen molar-refractivity contribution in [1.29, 1.82) is 0 Å². The highest BCUT2D eigenvalue weighted by Crippen LogP contribution is 2.19. The number of thiol groups is 1. The number of fused-ring (bicyclic) bond motifs is 1. The number of carbonyl (C=O) groups excluding carboxylic acids is 3. The number of nitrogens with two attached hydrogens (primary N) is 1. The Kier molecular flexibility index (Phi) is 9.05. The van der Waals surface area contributed by atoms with Crippen LogP contribution in [0.1, 0.15) is 12.5 Å². The van der Waals surface area contributed by atoms with Gasteiger partial charge < -0.3 is 36.9 Å². The van der Waals surface area contributed by atoms with Gasteiger partial charge in [0, 0.05) is 29.3 Å². The van der Waals surface area contributed by atoms with Gasteiger partial charge in [-0.05, 0) is 18.6 Å². The molecule has 11 nitrogen and oxygen atoms in total. The number of aliphatic carboxylic acids is 1. The fraction of sp³-hybridized carbons (Fsp3) is 0.400. The van der Waals surface area contributed by atoms with Crippen LogP contribution >= 0.6 is 12.6 Å². The summed E-state index contributed by atoms with van der Waals surface area (Å²) in [5.41, 5.74) is 7.03. The van der Waals surface area contributed by atoms with Crippen molar-refractivity contribution in [2.24, 2.45) is 5.73 Å². The minimum Gasteiger partial charge on any atom is -0.480 e. The van der Waals surface area contributed by atoms with E-state index in [9.17, 15) is 19.2 Å². The Morgan fingerprint density at radius 3 is 2.31 bits per heavy atom. The molecule has 4 unspecified atom stereocenters. The van der Waals surface area contributed by atoms with Gasteiger partial charge in [-0.15, -0.1) is 0 Å². The van der Waals surface area contributed by atoms with Gasteiger partial charge in [0.15, 0.2) is 0 Å². The van der Waals surface area contributed by atoms with E-state index in [1.54, 1.807) is 6.20 Å². The number of aliphatic hydroxyl groups is 1. The summed E-state index contributed by atoms with van der Waals surface area (Å²) in [6.45, 7) is 0.698. The SMILES string of the molecule is CC(NC(=O)C(Cc1c[nH]c2ccccc12)NC(=O)C(CS)NC(=O)C(N)CO)C(=O)O. The van der Waals surface area contributed by atoms with Gasteiger partial charge in [-0.2, -0.15) is 12.6 Å². The third kappa shape index (κ3) is 6.45. The van der Waals surface area contributed by atoms with E-state index in [1.807, 2.05) is 24.3 Å². The first-order chi connectivity index (χ1) is 15.2. The van der Waals surface area contributed by atoms with Crippen LogP contribution in [0, 0.1) is 0 Å². The largest absolute Gasteiger partial charge is 0.480 e. The first-order valence-electron chi connectivity index (χ1n) is 9.84. The highest BCUT2D eigenvalue weighted by atomic mass is 32.1. The third-order valence-corrected chi connectivity index (χ3v) is 5.18. The number of aromatic nitrogens is 1. The highest BCUT2D eigenvalue weighted by Gasteiger charge is 2.29. The summed E-state index contributed by atoms with van der Waals surface area (Å²) in [4.78, 5) is 51.7. The number of nitrogens with one attached hydrogen (secondary N) is 4. The lowest BCUT2D eigenvalue weighted by Crippen LogP contribution is -2.58. The molecule has 1 heterocycles. The van der Waals surface area contributed by atoms with Crippen molar-refractivity contribution in [3.05, 3.63) is 36.0 Å². The van der Waals surface area contributed by atoms with E-state index in [0.29, 0.717) is 0 Å². The number of para-hydroxylation sites is 1. The van der Waals surface area contributed by atoms with Crippen LogP contribution in [0.15, 0.2) is 30.5 Å². The van der Waals surface area contributed by atoms with Crippen LogP contribution < -0.4 is 21.7 Å². The number of rotatable bonds is 11. The number of aliphatic hydroxyl groups excluding tert-OH is 1. The molecule has 1 aromatic heterocycles. The van der Waals surface area contributed by atoms with Crippen molar-refractivity contribution >= 4 is 47.2 Å². The van der Waals surface area contributed by atoms with E-state index < -0.39 is 54.5 Å². The molecule has 0 aliphatic heterocycles. The summed E-state index contributed by atoms with van der Waals surface area (Å²) in [7, 11) is 0. The lowest BCUT2D eigenvalue weighted by atomic mass is 10.0. The molecular weight excluding hydrogens is 438 g/mol. The summed E-state index contributed by atoms with van der Waals surface area (Å²) < 4.78 is 0. The minimum atomic E-state index is -1.23. The Balaban J connectivity index is 2.23. The Bertz CT molecular complexity index is 980. The maximum absolute atomic E-state index is 12.8. The molecule has 4 atom stereocenters. The predicted molar refractivity (Wildman–Crippen MR) is 120 cm³/mol. The molecular formula is C20H27N5O6S. The smallest absolute Gasteiger partial charge is 0.325 e. The molecule has 0 radical (unpaired) electrons. The zero-order valence-electron chi connectivity index (χ0n) is 17.4. The number of hydrogen-bond donors (Lipinski definition) is 8. The van der Waals surface area contributed by atoms with Crippen molar-refractivity contribution < 1.29 is 29.4 Å². The number of carboxylic acid groups (broad SMARTS) is 1. The Morgan fingerprint density at radius 2 is 1.69 bits per heavy atom. The average molecular weight is 466 g/mol. The van der Waals surface area contributed by atoms with Crippen LogP contribution in [0.25, 0.3) is 10.9 Å². The molecule has 0 fully saturated rings. The zero-order valence-corrected chi connectivity index (χ0v) is 18.3. The Morgan fingerprint density at radius 1 is 1.06 bits per heavy atom. The zero-order chi connectivity index (χ0) is 23.8. The Labute approximate surface area is 189 Å². The topological polar surface area (TPSA) is 187 Å². The number of benzene rings is 1. The highest BCUT2D eigenvalue weighted by molar-refractivity contribution is 7.80. The van der Waals surface area contributed by atoms with E-state index in [2.05, 4.69) is 33.6 Å². The molecule has 1 aromatic carbocycles. The molecule has 174 valence electrons. The molecule has 0 aliphatic carbocycles. The normalized spacial score (nSPS) is 14.8. The molecule has 3 amide bonds. The van der Waals surface area contributed by atoms with E-state index in [0.717, 1.165) is 16.5 Å². The van der Waals surface area contributed by atoms with Crippen LogP contribution in [0.2, 0.25) is 0 Å². The van der Waals surface area contributed by atoms with Crippen LogP contribution in [0.4, 0.5) is 0 Å². The summed E-state index contributed by atoms with van der Waals surface area (Å²) >= 11 is 4.06. The van der Waals surface area contributed by atoms with Gasteiger partial charge in [0.1, 0.15) is 24.2 Å². The summed E-state index contributed by atoms with van der Waals surface area (Å²) in [6, 6.07) is 2.74. The second-order valence-electron chi connectivity index (χ2n) is 7.23. The Hall–Kier alpha value is -3.09. The molecule has 12 heteroatoms. The summed E-state index contributed by atoms with van der Waals surface area (Å²) in [5.74, 6) is -3.48. The van der Waals surface area contributed by atoms with Gasteiger partial charge in [0.25, 0.3) is 0 Å². The van der Waals surface area contributed by atoms with E-state index in [4.69, 9.17) is 15.9 Å². The maximum atomic E-state index is 12.8. The fourth-order valence-electron chi connectivity index (χ4n) is 2.93. The van der Waals surface area contributed by atoms with Crippen molar-refractivity contribution in [2.45, 2.75) is 37.5 Å². The fourth-order valence-corrected chi connectivity index (χ4v) is 3.19. The lowest BCUT2D eigenvalue weighted by Gasteiger charge is -2.23. The van der Waals surface area contributed by atoms with Gasteiger partial charge >= 0.3 is 5.97 Å². The molecule has 0 spiro atoms. The van der Waals surface area contributed by atoms with Crippen molar-refractivity contribution in [3.8, 4) is 0 Å². The molecule has 0 saturated heterocycles. The van der Waals surface area contributed by atoms with Crippen LogP contribution in [-0.2, 0) is 25.6 Å². The maximum Gasteiger partial charge on any atom is 0.325 e. The summed E-state index contributed by atoms with van der Waals surface area (Å²) in [5, 5.41) is 26.2. The number of amides is 3. The van der Waals surface area contributed by atoms with Crippen LogP contribution in [-0.4, -0.2) is 75.4 Å². The van der Waals surface area contributed by atoms with Crippen molar-refractivity contribution in [2.75, 3.05) is 12.4 Å². The number of carbonyl (C=O) groups is 4. The van der Waals surface area contributed by atoms with Gasteiger partial charge in [0.05, 0.1) is 6.61 Å². The van der Waals surface area contributed by atoms with Crippen LogP contribution in [0.3, 0.4) is 0 Å². The average Bonchev–Trinajstić information content (AvgIpc) is 3.18. The molecule has 0 aliphatic rings. The molecule has 8 N–H and O–H groups in total. The quantitative estimate of drug-likeness (QED) is 0.186. The van der Waals surface area contributed by atoms with Gasteiger partial charge in [-0.1, -0.05) is 18.2 Å². The standard InChI is InChI=1S/C20H27N5O6S/c1-10(20(30)31)23-18(28)15(6-11-7-22-14-5-3-2-4-12(11)14)24-19(29)16(9-32)25-17(27)13(21)8-26/h2-5,7,10,13,15-16,22,26,32H,6,8-9,21H2,1H3,(H,23,28)(H,24,29)(H,25,27)(H,30,31). The van der Waals surface area contributed by atoms with E-state index in [1.165, 1.54) is 6.92 Å².